The average molecular weight is 257 g/mol. The highest BCUT2D eigenvalue weighted by Gasteiger charge is 2.11. The third-order valence-corrected chi connectivity index (χ3v) is 2.16. The summed E-state index contributed by atoms with van der Waals surface area (Å²) in [7, 11) is 1.18. The number of carbonyl (C=O) groups excluding carboxylic acids is 2. The van der Waals surface area contributed by atoms with Gasteiger partial charge in [0, 0.05) is 7.05 Å². The molecular weight excluding hydrogens is 246 g/mol. The zero-order valence-electron chi connectivity index (χ0n) is 9.45. The van der Waals surface area contributed by atoms with Gasteiger partial charge in [-0.25, -0.2) is 28.1 Å². The monoisotopic (exact) mass is 257 g/mol. The Labute approximate surface area is 99.5 Å². The Morgan fingerprint density at radius 1 is 0.889 bits per heavy atom. The number of amides is 2. The number of hydrogen-bond acceptors (Lipinski definition) is 5. The summed E-state index contributed by atoms with van der Waals surface area (Å²) in [5.74, 6) is 0. The van der Waals surface area contributed by atoms with Crippen LogP contribution in [0, 0.1) is 0 Å². The van der Waals surface area contributed by atoms with Crippen molar-refractivity contribution in [2.45, 2.75) is 13.3 Å². The van der Waals surface area contributed by atoms with Crippen LogP contribution in [0.25, 0.3) is 0 Å². The van der Waals surface area contributed by atoms with E-state index in [1.165, 1.54) is 7.05 Å². The summed E-state index contributed by atoms with van der Waals surface area (Å²) >= 11 is 0. The molecule has 0 radical (unpaired) electrons. The summed E-state index contributed by atoms with van der Waals surface area (Å²) in [6.07, 6.45) is 0.621. The van der Waals surface area contributed by atoms with Crippen molar-refractivity contribution in [1.82, 2.24) is 24.3 Å². The molecule has 1 aromatic heterocycles. The maximum absolute atomic E-state index is 11.8. The van der Waals surface area contributed by atoms with Gasteiger partial charge in [-0.15, -0.1) is 0 Å². The molecule has 0 aromatic carbocycles. The topological polar surface area (TPSA) is 124 Å². The number of nitrogens with one attached hydrogen (secondary N) is 2. The van der Waals surface area contributed by atoms with Crippen LogP contribution >= 0.6 is 0 Å². The minimum Gasteiger partial charge on any atom is -0.340 e. The average Bonchev–Trinajstić information content (AvgIpc) is 2.36. The first-order valence-electron chi connectivity index (χ1n) is 4.79. The zero-order valence-corrected chi connectivity index (χ0v) is 9.45. The Balaban J connectivity index is 3.44. The SMILES string of the molecule is Cn1c(=O)n(CNC=O)c(=O)n(CNC=O)c1=O. The minimum atomic E-state index is -0.924. The van der Waals surface area contributed by atoms with E-state index in [-0.39, 0.29) is 13.3 Å². The summed E-state index contributed by atoms with van der Waals surface area (Å²) < 4.78 is 2.00. The number of hydrogen-bond donors (Lipinski definition) is 2. The second kappa shape index (κ2) is 5.61. The molecule has 18 heavy (non-hydrogen) atoms. The van der Waals surface area contributed by atoms with Gasteiger partial charge in [-0.05, 0) is 0 Å². The number of nitrogens with zero attached hydrogens (tertiary/aromatic N) is 3. The van der Waals surface area contributed by atoms with E-state index in [1.807, 2.05) is 0 Å². The molecule has 0 fully saturated rings. The van der Waals surface area contributed by atoms with Gasteiger partial charge in [-0.2, -0.15) is 0 Å². The van der Waals surface area contributed by atoms with Crippen molar-refractivity contribution in [3.8, 4) is 0 Å². The first kappa shape index (κ1) is 13.4. The first-order valence-corrected chi connectivity index (χ1v) is 4.79. The van der Waals surface area contributed by atoms with Crippen LogP contribution in [0.15, 0.2) is 14.4 Å². The van der Waals surface area contributed by atoms with Gasteiger partial charge in [-0.3, -0.25) is 9.59 Å². The molecule has 10 heteroatoms. The molecule has 0 aliphatic carbocycles. The molecule has 1 aromatic rings. The van der Waals surface area contributed by atoms with E-state index in [0.717, 1.165) is 0 Å². The smallest absolute Gasteiger partial charge is 0.339 e. The van der Waals surface area contributed by atoms with Crippen molar-refractivity contribution < 1.29 is 9.59 Å². The Bertz CT molecular complexity index is 574. The molecule has 0 atom stereocenters. The minimum absolute atomic E-state index is 0.311. The van der Waals surface area contributed by atoms with Crippen LogP contribution in [-0.4, -0.2) is 26.5 Å². The van der Waals surface area contributed by atoms with Gasteiger partial charge in [0.15, 0.2) is 0 Å². The van der Waals surface area contributed by atoms with Crippen LogP contribution in [-0.2, 0) is 30.0 Å². The first-order chi connectivity index (χ1) is 8.54. The van der Waals surface area contributed by atoms with Gasteiger partial charge in [-0.1, -0.05) is 0 Å². The fourth-order valence-corrected chi connectivity index (χ4v) is 1.28. The maximum atomic E-state index is 11.8. The largest absolute Gasteiger partial charge is 0.340 e. The van der Waals surface area contributed by atoms with E-state index in [0.29, 0.717) is 26.5 Å². The molecule has 10 nitrogen and oxygen atoms in total. The van der Waals surface area contributed by atoms with E-state index >= 15 is 0 Å². The van der Waals surface area contributed by atoms with Crippen LogP contribution in [0.2, 0.25) is 0 Å². The summed E-state index contributed by atoms with van der Waals surface area (Å²) in [4.78, 5) is 55.3. The molecule has 0 saturated heterocycles. The number of rotatable bonds is 6. The van der Waals surface area contributed by atoms with Crippen molar-refractivity contribution in [1.29, 1.82) is 0 Å². The Kier molecular flexibility index (Phi) is 4.18. The lowest BCUT2D eigenvalue weighted by molar-refractivity contribution is -0.110. The van der Waals surface area contributed by atoms with Gasteiger partial charge >= 0.3 is 17.1 Å². The Morgan fingerprint density at radius 3 is 1.61 bits per heavy atom. The molecule has 1 rings (SSSR count). The van der Waals surface area contributed by atoms with Crippen molar-refractivity contribution in [3.63, 3.8) is 0 Å². The number of carbonyl (C=O) groups is 2. The quantitative estimate of drug-likeness (QED) is 0.504. The van der Waals surface area contributed by atoms with E-state index < -0.39 is 17.1 Å². The zero-order chi connectivity index (χ0) is 13.7. The molecule has 0 bridgehead atoms. The fraction of sp³-hybridized carbons (Fsp3) is 0.375. The fourth-order valence-electron chi connectivity index (χ4n) is 1.28. The van der Waals surface area contributed by atoms with Crippen LogP contribution in [0.5, 0.6) is 0 Å². The molecule has 2 N–H and O–H groups in total. The van der Waals surface area contributed by atoms with Crippen molar-refractivity contribution in [3.05, 3.63) is 31.5 Å². The third kappa shape index (κ3) is 2.36. The van der Waals surface area contributed by atoms with Crippen LogP contribution in [0.4, 0.5) is 0 Å². The molecule has 0 aliphatic heterocycles. The number of aromatic nitrogens is 3. The molecule has 1 heterocycles. The highest BCUT2D eigenvalue weighted by Crippen LogP contribution is 1.69. The molecule has 0 aliphatic rings. The standard InChI is InChI=1S/C8H11N5O5/c1-11-6(16)12(2-9-4-14)8(18)13(7(11)17)3-10-5-15/h4-5H,2-3H2,1H3,(H,9,14)(H,10,15). The second-order valence-electron chi connectivity index (χ2n) is 3.22. The van der Waals surface area contributed by atoms with E-state index in [9.17, 15) is 24.0 Å². The third-order valence-electron chi connectivity index (χ3n) is 2.16. The summed E-state index contributed by atoms with van der Waals surface area (Å²) in [6.45, 7) is -0.729. The van der Waals surface area contributed by atoms with Crippen molar-refractivity contribution in [2.24, 2.45) is 7.05 Å². The summed E-state index contributed by atoms with van der Waals surface area (Å²) in [6, 6.07) is 0. The molecule has 0 spiro atoms. The normalized spacial score (nSPS) is 9.83. The van der Waals surface area contributed by atoms with Gasteiger partial charge in [0.1, 0.15) is 13.3 Å². The Morgan fingerprint density at radius 2 is 1.28 bits per heavy atom. The maximum Gasteiger partial charge on any atom is 0.339 e. The summed E-state index contributed by atoms with van der Waals surface area (Å²) in [5, 5.41) is 4.28. The summed E-state index contributed by atoms with van der Waals surface area (Å²) in [5.41, 5.74) is -2.64. The Hall–Kier alpha value is -2.65. The lowest BCUT2D eigenvalue weighted by Crippen LogP contribution is -2.56. The van der Waals surface area contributed by atoms with Gasteiger partial charge < -0.3 is 10.6 Å². The second-order valence-corrected chi connectivity index (χ2v) is 3.22. The van der Waals surface area contributed by atoms with Crippen molar-refractivity contribution >= 4 is 12.8 Å². The highest BCUT2D eigenvalue weighted by atomic mass is 16.2. The van der Waals surface area contributed by atoms with E-state index in [1.54, 1.807) is 0 Å². The molecular formula is C8H11N5O5. The molecule has 0 unspecified atom stereocenters. The molecule has 2 amide bonds. The molecule has 0 saturated carbocycles. The predicted molar refractivity (Wildman–Crippen MR) is 58.6 cm³/mol. The van der Waals surface area contributed by atoms with Gasteiger partial charge in [0.05, 0.1) is 0 Å². The van der Waals surface area contributed by atoms with Gasteiger partial charge in [0.2, 0.25) is 12.8 Å². The predicted octanol–water partition coefficient (Wildman–Crippen LogP) is -3.88. The van der Waals surface area contributed by atoms with Crippen LogP contribution in [0.3, 0.4) is 0 Å². The van der Waals surface area contributed by atoms with Crippen LogP contribution in [0.1, 0.15) is 0 Å². The van der Waals surface area contributed by atoms with Crippen LogP contribution < -0.4 is 27.7 Å². The van der Waals surface area contributed by atoms with Crippen molar-refractivity contribution in [2.75, 3.05) is 0 Å². The molecule has 98 valence electrons. The lowest BCUT2D eigenvalue weighted by atomic mass is 10.7. The lowest BCUT2D eigenvalue weighted by Gasteiger charge is -2.10. The highest BCUT2D eigenvalue weighted by molar-refractivity contribution is 5.45. The van der Waals surface area contributed by atoms with E-state index in [2.05, 4.69) is 10.6 Å². The van der Waals surface area contributed by atoms with E-state index in [4.69, 9.17) is 0 Å². The van der Waals surface area contributed by atoms with Gasteiger partial charge in [0.25, 0.3) is 0 Å².